The predicted octanol–water partition coefficient (Wildman–Crippen LogP) is 1.05. The highest BCUT2D eigenvalue weighted by Gasteiger charge is 2.35. The number of primary amides is 1. The van der Waals surface area contributed by atoms with E-state index < -0.39 is 0 Å². The SMILES string of the molecule is NC(=O)C1CC(n2cc(I)c3c(N)ncnc32)C1. The number of nitrogens with two attached hydrogens (primary N) is 2. The van der Waals surface area contributed by atoms with Crippen LogP contribution < -0.4 is 11.5 Å². The molecule has 0 saturated heterocycles. The highest BCUT2D eigenvalue weighted by Crippen LogP contribution is 2.40. The van der Waals surface area contributed by atoms with E-state index in [2.05, 4.69) is 37.1 Å². The first kappa shape index (κ1) is 11.7. The van der Waals surface area contributed by atoms with Crippen LogP contribution in [0.5, 0.6) is 0 Å². The number of hydrogen-bond acceptors (Lipinski definition) is 4. The summed E-state index contributed by atoms with van der Waals surface area (Å²) < 4.78 is 3.11. The molecule has 94 valence electrons. The van der Waals surface area contributed by atoms with Crippen molar-refractivity contribution in [2.45, 2.75) is 18.9 Å². The van der Waals surface area contributed by atoms with Crippen LogP contribution in [-0.4, -0.2) is 20.4 Å². The summed E-state index contributed by atoms with van der Waals surface area (Å²) in [4.78, 5) is 19.3. The van der Waals surface area contributed by atoms with Gasteiger partial charge in [0, 0.05) is 21.7 Å². The Morgan fingerprint density at radius 1 is 1.44 bits per heavy atom. The zero-order valence-electron chi connectivity index (χ0n) is 9.51. The number of nitrogens with zero attached hydrogens (tertiary/aromatic N) is 3. The second-order valence-corrected chi connectivity index (χ2v) is 5.73. The van der Waals surface area contributed by atoms with E-state index in [-0.39, 0.29) is 17.9 Å². The standard InChI is InChI=1S/C11H12IN5O/c12-7-3-17(6-1-5(2-6)10(14)18)11-8(7)9(13)15-4-16-11/h3-6H,1-2H2,(H2,14,18)(H2,13,15,16). The molecule has 7 heteroatoms. The first-order valence-electron chi connectivity index (χ1n) is 5.63. The first-order chi connectivity index (χ1) is 8.58. The molecule has 1 saturated carbocycles. The predicted molar refractivity (Wildman–Crippen MR) is 75.6 cm³/mol. The zero-order chi connectivity index (χ0) is 12.9. The maximum atomic E-state index is 11.0. The highest BCUT2D eigenvalue weighted by molar-refractivity contribution is 14.1. The molecule has 6 nitrogen and oxygen atoms in total. The normalized spacial score (nSPS) is 22.9. The quantitative estimate of drug-likeness (QED) is 0.785. The van der Waals surface area contributed by atoms with Crippen LogP contribution in [0.2, 0.25) is 0 Å². The topological polar surface area (TPSA) is 99.8 Å². The molecule has 1 amide bonds. The molecule has 4 N–H and O–H groups in total. The minimum Gasteiger partial charge on any atom is -0.383 e. The van der Waals surface area contributed by atoms with Gasteiger partial charge >= 0.3 is 0 Å². The number of amides is 1. The molecule has 1 aliphatic carbocycles. The van der Waals surface area contributed by atoms with Crippen LogP contribution in [0.3, 0.4) is 0 Å². The van der Waals surface area contributed by atoms with E-state index in [1.165, 1.54) is 6.33 Å². The Balaban J connectivity index is 2.00. The number of hydrogen-bond donors (Lipinski definition) is 2. The van der Waals surface area contributed by atoms with Crippen molar-refractivity contribution < 1.29 is 4.79 Å². The molecule has 0 unspecified atom stereocenters. The van der Waals surface area contributed by atoms with Gasteiger partial charge < -0.3 is 16.0 Å². The van der Waals surface area contributed by atoms with Crippen LogP contribution in [-0.2, 0) is 4.79 Å². The van der Waals surface area contributed by atoms with Crippen molar-refractivity contribution in [1.82, 2.24) is 14.5 Å². The average Bonchev–Trinajstić information content (AvgIpc) is 2.55. The van der Waals surface area contributed by atoms with E-state index in [1.54, 1.807) is 0 Å². The van der Waals surface area contributed by atoms with Gasteiger partial charge in [-0.2, -0.15) is 0 Å². The first-order valence-corrected chi connectivity index (χ1v) is 6.71. The molecule has 0 radical (unpaired) electrons. The Hall–Kier alpha value is -1.38. The second kappa shape index (κ2) is 4.08. The Morgan fingerprint density at radius 2 is 2.17 bits per heavy atom. The van der Waals surface area contributed by atoms with Gasteiger partial charge in [-0.15, -0.1) is 0 Å². The van der Waals surface area contributed by atoms with Gasteiger partial charge in [0.1, 0.15) is 17.8 Å². The Kier molecular flexibility index (Phi) is 2.65. The lowest BCUT2D eigenvalue weighted by Gasteiger charge is -2.34. The third kappa shape index (κ3) is 1.64. The zero-order valence-corrected chi connectivity index (χ0v) is 11.7. The van der Waals surface area contributed by atoms with E-state index >= 15 is 0 Å². The summed E-state index contributed by atoms with van der Waals surface area (Å²) in [6.45, 7) is 0. The summed E-state index contributed by atoms with van der Waals surface area (Å²) in [6, 6.07) is 0.280. The van der Waals surface area contributed by atoms with E-state index in [1.807, 2.05) is 6.20 Å². The van der Waals surface area contributed by atoms with Crippen LogP contribution in [0.25, 0.3) is 11.0 Å². The van der Waals surface area contributed by atoms with Crippen molar-refractivity contribution in [3.63, 3.8) is 0 Å². The molecule has 0 aromatic carbocycles. The van der Waals surface area contributed by atoms with E-state index in [9.17, 15) is 4.79 Å². The third-order valence-electron chi connectivity index (χ3n) is 3.50. The van der Waals surface area contributed by atoms with Crippen molar-refractivity contribution in [1.29, 1.82) is 0 Å². The number of fused-ring (bicyclic) bond motifs is 1. The van der Waals surface area contributed by atoms with Gasteiger partial charge in [-0.25, -0.2) is 9.97 Å². The molecule has 3 rings (SSSR count). The van der Waals surface area contributed by atoms with Crippen molar-refractivity contribution in [2.24, 2.45) is 11.7 Å². The Labute approximate surface area is 117 Å². The molecule has 0 spiro atoms. The fourth-order valence-corrected chi connectivity index (χ4v) is 3.21. The van der Waals surface area contributed by atoms with Crippen molar-refractivity contribution in [2.75, 3.05) is 5.73 Å². The lowest BCUT2D eigenvalue weighted by atomic mass is 9.79. The van der Waals surface area contributed by atoms with Crippen LogP contribution in [0.4, 0.5) is 5.82 Å². The molecule has 1 aliphatic rings. The van der Waals surface area contributed by atoms with Gasteiger partial charge in [0.15, 0.2) is 0 Å². The fraction of sp³-hybridized carbons (Fsp3) is 0.364. The largest absolute Gasteiger partial charge is 0.383 e. The van der Waals surface area contributed by atoms with E-state index in [0.717, 1.165) is 27.4 Å². The number of anilines is 1. The number of halogens is 1. The van der Waals surface area contributed by atoms with Crippen molar-refractivity contribution in [3.8, 4) is 0 Å². The lowest BCUT2D eigenvalue weighted by Crippen LogP contribution is -2.36. The number of carbonyl (C=O) groups is 1. The van der Waals surface area contributed by atoms with Crippen molar-refractivity contribution in [3.05, 3.63) is 16.1 Å². The Bertz CT molecular complexity index is 632. The molecule has 18 heavy (non-hydrogen) atoms. The van der Waals surface area contributed by atoms with Crippen LogP contribution in [0.1, 0.15) is 18.9 Å². The summed E-state index contributed by atoms with van der Waals surface area (Å²) in [5.41, 5.74) is 12.0. The monoisotopic (exact) mass is 357 g/mol. The van der Waals surface area contributed by atoms with Gasteiger partial charge in [0.05, 0.1) is 5.39 Å². The number of carbonyl (C=O) groups excluding carboxylic acids is 1. The molecule has 2 aromatic rings. The van der Waals surface area contributed by atoms with Gasteiger partial charge in [-0.05, 0) is 35.4 Å². The lowest BCUT2D eigenvalue weighted by molar-refractivity contribution is -0.125. The molecule has 0 atom stereocenters. The molecular weight excluding hydrogens is 345 g/mol. The molecular formula is C11H12IN5O. The molecule has 2 aromatic heterocycles. The minimum atomic E-state index is -0.216. The van der Waals surface area contributed by atoms with Gasteiger partial charge in [-0.1, -0.05) is 0 Å². The summed E-state index contributed by atoms with van der Waals surface area (Å²) in [7, 11) is 0. The smallest absolute Gasteiger partial charge is 0.220 e. The summed E-state index contributed by atoms with van der Waals surface area (Å²) in [5.74, 6) is 0.268. The minimum absolute atomic E-state index is 0.00991. The van der Waals surface area contributed by atoms with Gasteiger partial charge in [-0.3, -0.25) is 4.79 Å². The second-order valence-electron chi connectivity index (χ2n) is 4.57. The maximum absolute atomic E-state index is 11.0. The van der Waals surface area contributed by atoms with E-state index in [4.69, 9.17) is 11.5 Å². The number of rotatable bonds is 2. The highest BCUT2D eigenvalue weighted by atomic mass is 127. The number of nitrogen functional groups attached to an aromatic ring is 1. The van der Waals surface area contributed by atoms with Crippen LogP contribution in [0.15, 0.2) is 12.5 Å². The summed E-state index contributed by atoms with van der Waals surface area (Å²) in [6.07, 6.45) is 5.03. The average molecular weight is 357 g/mol. The molecule has 0 bridgehead atoms. The Morgan fingerprint density at radius 3 is 2.83 bits per heavy atom. The fourth-order valence-electron chi connectivity index (χ4n) is 2.39. The van der Waals surface area contributed by atoms with Crippen LogP contribution in [0, 0.1) is 9.49 Å². The van der Waals surface area contributed by atoms with Crippen molar-refractivity contribution >= 4 is 45.3 Å². The maximum Gasteiger partial charge on any atom is 0.220 e. The summed E-state index contributed by atoms with van der Waals surface area (Å²) >= 11 is 2.22. The molecule has 2 heterocycles. The summed E-state index contributed by atoms with van der Waals surface area (Å²) in [5, 5.41) is 0.889. The molecule has 1 fully saturated rings. The van der Waals surface area contributed by atoms with Gasteiger partial charge in [0.2, 0.25) is 5.91 Å². The van der Waals surface area contributed by atoms with E-state index in [0.29, 0.717) is 5.82 Å². The molecule has 0 aliphatic heterocycles. The van der Waals surface area contributed by atoms with Gasteiger partial charge in [0.25, 0.3) is 0 Å². The third-order valence-corrected chi connectivity index (χ3v) is 4.32. The number of aromatic nitrogens is 3. The van der Waals surface area contributed by atoms with Crippen LogP contribution >= 0.6 is 22.6 Å².